The Morgan fingerprint density at radius 2 is 1.88 bits per heavy atom. The minimum absolute atomic E-state index is 0.114. The zero-order valence-corrected chi connectivity index (χ0v) is 13.2. The van der Waals surface area contributed by atoms with E-state index in [0.29, 0.717) is 11.3 Å². The summed E-state index contributed by atoms with van der Waals surface area (Å²) in [5.41, 5.74) is 4.01. The van der Waals surface area contributed by atoms with Crippen LogP contribution in [0, 0.1) is 0 Å². The standard InChI is InChI=1S/C18H18N2O4/c1-2-13-7-9-15(10-8-13)24-12-17(21)20-19-11-14-5-3-4-6-16(14)18(22)23/h3-11H,2,12H2,1H3,(H,20,21)(H,22,23)/b19-11+. The molecule has 2 N–H and O–H groups in total. The third-order valence-electron chi connectivity index (χ3n) is 3.29. The molecule has 0 saturated carbocycles. The normalized spacial score (nSPS) is 10.5. The van der Waals surface area contributed by atoms with Crippen molar-refractivity contribution >= 4 is 18.1 Å². The molecule has 1 amide bonds. The molecule has 0 spiro atoms. The van der Waals surface area contributed by atoms with Gasteiger partial charge >= 0.3 is 5.97 Å². The average Bonchev–Trinajstić information content (AvgIpc) is 2.60. The van der Waals surface area contributed by atoms with Crippen LogP contribution in [-0.4, -0.2) is 29.8 Å². The first-order valence-corrected chi connectivity index (χ1v) is 7.46. The highest BCUT2D eigenvalue weighted by atomic mass is 16.5. The molecular weight excluding hydrogens is 308 g/mol. The Morgan fingerprint density at radius 3 is 2.54 bits per heavy atom. The molecule has 2 rings (SSSR count). The van der Waals surface area contributed by atoms with Gasteiger partial charge in [0.15, 0.2) is 6.61 Å². The van der Waals surface area contributed by atoms with Crippen LogP contribution >= 0.6 is 0 Å². The first-order valence-electron chi connectivity index (χ1n) is 7.46. The number of hydrogen-bond acceptors (Lipinski definition) is 4. The van der Waals surface area contributed by atoms with Gasteiger partial charge in [0, 0.05) is 5.56 Å². The molecule has 0 saturated heterocycles. The maximum Gasteiger partial charge on any atom is 0.336 e. The molecule has 24 heavy (non-hydrogen) atoms. The number of aryl methyl sites for hydroxylation is 1. The number of hydrazone groups is 1. The van der Waals surface area contributed by atoms with Gasteiger partial charge in [-0.15, -0.1) is 0 Å². The van der Waals surface area contributed by atoms with E-state index in [1.807, 2.05) is 12.1 Å². The number of benzene rings is 2. The SMILES string of the molecule is CCc1ccc(OCC(=O)N/N=C/c2ccccc2C(=O)O)cc1. The maximum atomic E-state index is 11.7. The first kappa shape index (κ1) is 17.2. The molecule has 0 atom stereocenters. The highest BCUT2D eigenvalue weighted by Crippen LogP contribution is 2.12. The number of nitrogens with zero attached hydrogens (tertiary/aromatic N) is 1. The topological polar surface area (TPSA) is 88.0 Å². The second kappa shape index (κ2) is 8.47. The van der Waals surface area contributed by atoms with E-state index in [1.165, 1.54) is 17.8 Å². The van der Waals surface area contributed by atoms with Crippen molar-refractivity contribution in [3.63, 3.8) is 0 Å². The van der Waals surface area contributed by atoms with Crippen molar-refractivity contribution in [2.24, 2.45) is 5.10 Å². The molecule has 0 aliphatic carbocycles. The molecule has 0 unspecified atom stereocenters. The Morgan fingerprint density at radius 1 is 1.17 bits per heavy atom. The van der Waals surface area contributed by atoms with Crippen LogP contribution in [0.15, 0.2) is 53.6 Å². The van der Waals surface area contributed by atoms with Gasteiger partial charge in [0.25, 0.3) is 5.91 Å². The molecule has 124 valence electrons. The number of carboxylic acid groups (broad SMARTS) is 1. The number of carbonyl (C=O) groups excluding carboxylic acids is 1. The number of amides is 1. The van der Waals surface area contributed by atoms with Crippen LogP contribution in [0.1, 0.15) is 28.4 Å². The summed E-state index contributed by atoms with van der Waals surface area (Å²) in [6, 6.07) is 13.9. The highest BCUT2D eigenvalue weighted by Gasteiger charge is 2.07. The molecule has 6 nitrogen and oxygen atoms in total. The minimum Gasteiger partial charge on any atom is -0.484 e. The molecule has 0 heterocycles. The van der Waals surface area contributed by atoms with Crippen LogP contribution in [0.3, 0.4) is 0 Å². The number of ether oxygens (including phenoxy) is 1. The van der Waals surface area contributed by atoms with E-state index in [0.717, 1.165) is 6.42 Å². The number of carbonyl (C=O) groups is 2. The predicted octanol–water partition coefficient (Wildman–Crippen LogP) is 2.48. The van der Waals surface area contributed by atoms with E-state index in [9.17, 15) is 9.59 Å². The van der Waals surface area contributed by atoms with Crippen molar-refractivity contribution in [3.05, 3.63) is 65.2 Å². The van der Waals surface area contributed by atoms with Gasteiger partial charge in [-0.25, -0.2) is 10.2 Å². The van der Waals surface area contributed by atoms with E-state index in [-0.39, 0.29) is 12.2 Å². The second-order valence-electron chi connectivity index (χ2n) is 4.97. The summed E-state index contributed by atoms with van der Waals surface area (Å²) in [4.78, 5) is 22.7. The molecule has 0 aliphatic rings. The predicted molar refractivity (Wildman–Crippen MR) is 90.5 cm³/mol. The summed E-state index contributed by atoms with van der Waals surface area (Å²) in [6.45, 7) is 1.88. The quantitative estimate of drug-likeness (QED) is 0.604. The lowest BCUT2D eigenvalue weighted by Crippen LogP contribution is -2.24. The summed E-state index contributed by atoms with van der Waals surface area (Å²) < 4.78 is 5.35. The molecule has 2 aromatic carbocycles. The molecule has 2 aromatic rings. The fourth-order valence-corrected chi connectivity index (χ4v) is 1.98. The zero-order valence-electron chi connectivity index (χ0n) is 13.2. The van der Waals surface area contributed by atoms with Crippen molar-refractivity contribution in [3.8, 4) is 5.75 Å². The minimum atomic E-state index is -1.05. The van der Waals surface area contributed by atoms with Crippen LogP contribution in [0.5, 0.6) is 5.75 Å². The number of carboxylic acids is 1. The third-order valence-corrected chi connectivity index (χ3v) is 3.29. The lowest BCUT2D eigenvalue weighted by Gasteiger charge is -2.05. The van der Waals surface area contributed by atoms with Crippen LogP contribution < -0.4 is 10.2 Å². The van der Waals surface area contributed by atoms with Crippen molar-refractivity contribution in [2.75, 3.05) is 6.61 Å². The van der Waals surface area contributed by atoms with E-state index in [2.05, 4.69) is 17.5 Å². The van der Waals surface area contributed by atoms with Crippen molar-refractivity contribution in [1.82, 2.24) is 5.43 Å². The van der Waals surface area contributed by atoms with Crippen molar-refractivity contribution in [2.45, 2.75) is 13.3 Å². The van der Waals surface area contributed by atoms with Gasteiger partial charge in [0.2, 0.25) is 0 Å². The smallest absolute Gasteiger partial charge is 0.336 e. The maximum absolute atomic E-state index is 11.7. The van der Waals surface area contributed by atoms with Gasteiger partial charge in [-0.3, -0.25) is 4.79 Å². The molecule has 0 bridgehead atoms. The molecule has 0 fully saturated rings. The molecule has 0 aromatic heterocycles. The molecular formula is C18H18N2O4. The second-order valence-corrected chi connectivity index (χ2v) is 4.97. The fourth-order valence-electron chi connectivity index (χ4n) is 1.98. The largest absolute Gasteiger partial charge is 0.484 e. The van der Waals surface area contributed by atoms with E-state index < -0.39 is 11.9 Å². The van der Waals surface area contributed by atoms with Gasteiger partial charge in [-0.05, 0) is 30.2 Å². The van der Waals surface area contributed by atoms with Gasteiger partial charge in [0.05, 0.1) is 11.8 Å². The Bertz CT molecular complexity index is 739. The number of aromatic carboxylic acids is 1. The van der Waals surface area contributed by atoms with E-state index in [4.69, 9.17) is 9.84 Å². The molecule has 6 heteroatoms. The highest BCUT2D eigenvalue weighted by molar-refractivity contribution is 5.98. The lowest BCUT2D eigenvalue weighted by atomic mass is 10.1. The van der Waals surface area contributed by atoms with Crippen LogP contribution in [0.2, 0.25) is 0 Å². The summed E-state index contributed by atoms with van der Waals surface area (Å²) in [5.74, 6) is -0.886. The van der Waals surface area contributed by atoms with Gasteiger partial charge in [-0.1, -0.05) is 37.3 Å². The van der Waals surface area contributed by atoms with Crippen LogP contribution in [-0.2, 0) is 11.2 Å². The number of nitrogens with one attached hydrogen (secondary N) is 1. The number of hydrogen-bond donors (Lipinski definition) is 2. The zero-order chi connectivity index (χ0) is 17.4. The Hall–Kier alpha value is -3.15. The summed E-state index contributed by atoms with van der Waals surface area (Å²) in [7, 11) is 0. The van der Waals surface area contributed by atoms with E-state index in [1.54, 1.807) is 30.3 Å². The Balaban J connectivity index is 1.85. The van der Waals surface area contributed by atoms with Gasteiger partial charge in [-0.2, -0.15) is 5.10 Å². The number of rotatable bonds is 7. The summed E-state index contributed by atoms with van der Waals surface area (Å²) >= 11 is 0. The van der Waals surface area contributed by atoms with Gasteiger partial charge < -0.3 is 9.84 Å². The lowest BCUT2D eigenvalue weighted by molar-refractivity contribution is -0.123. The van der Waals surface area contributed by atoms with Crippen molar-refractivity contribution in [1.29, 1.82) is 0 Å². The van der Waals surface area contributed by atoms with Gasteiger partial charge in [0.1, 0.15) is 5.75 Å². The Labute approximate surface area is 139 Å². The fraction of sp³-hybridized carbons (Fsp3) is 0.167. The Kier molecular flexibility index (Phi) is 6.08. The average molecular weight is 326 g/mol. The first-order chi connectivity index (χ1) is 11.6. The monoisotopic (exact) mass is 326 g/mol. The van der Waals surface area contributed by atoms with E-state index >= 15 is 0 Å². The molecule has 0 aliphatic heterocycles. The van der Waals surface area contributed by atoms with Crippen LogP contribution in [0.25, 0.3) is 0 Å². The summed E-state index contributed by atoms with van der Waals surface area (Å²) in [5, 5.41) is 12.8. The molecule has 0 radical (unpaired) electrons. The van der Waals surface area contributed by atoms with Crippen LogP contribution in [0.4, 0.5) is 0 Å². The third kappa shape index (κ3) is 4.95. The van der Waals surface area contributed by atoms with Crippen molar-refractivity contribution < 1.29 is 19.4 Å². The summed E-state index contributed by atoms with van der Waals surface area (Å²) in [6.07, 6.45) is 2.23.